The summed E-state index contributed by atoms with van der Waals surface area (Å²) in [6.45, 7) is 4.38. The average molecular weight is 372 g/mol. The highest BCUT2D eigenvalue weighted by atomic mass is 32.2. The molecule has 0 unspecified atom stereocenters. The zero-order valence-electron chi connectivity index (χ0n) is 14.9. The number of nitrogens with two attached hydrogens (primary N) is 1. The van der Waals surface area contributed by atoms with Crippen molar-refractivity contribution >= 4 is 10.0 Å². The third-order valence-corrected chi connectivity index (χ3v) is 6.47. The first-order valence-electron chi connectivity index (χ1n) is 9.05. The van der Waals surface area contributed by atoms with Gasteiger partial charge < -0.3 is 4.74 Å². The van der Waals surface area contributed by atoms with Crippen molar-refractivity contribution in [2.75, 3.05) is 13.1 Å². The molecule has 0 saturated carbocycles. The Morgan fingerprint density at radius 3 is 2.42 bits per heavy atom. The van der Waals surface area contributed by atoms with Crippen LogP contribution < -0.4 is 9.88 Å². The van der Waals surface area contributed by atoms with E-state index in [2.05, 4.69) is 30.0 Å². The van der Waals surface area contributed by atoms with Crippen LogP contribution >= 0.6 is 0 Å². The van der Waals surface area contributed by atoms with Crippen molar-refractivity contribution in [3.8, 4) is 5.75 Å². The minimum absolute atomic E-state index is 0.0386. The van der Waals surface area contributed by atoms with Gasteiger partial charge in [-0.3, -0.25) is 4.90 Å². The van der Waals surface area contributed by atoms with Crippen LogP contribution in [0.2, 0.25) is 0 Å². The van der Waals surface area contributed by atoms with Crippen molar-refractivity contribution in [2.24, 2.45) is 5.14 Å². The minimum atomic E-state index is -3.69. The molecule has 1 fully saturated rings. The first kappa shape index (κ1) is 17.5. The molecule has 2 aliphatic rings. The Hall–Kier alpha value is -1.89. The monoisotopic (exact) mass is 372 g/mol. The van der Waals surface area contributed by atoms with Crippen LogP contribution in [0.15, 0.2) is 47.4 Å². The number of fused-ring (bicyclic) bond motifs is 1. The standard InChI is InChI=1S/C20H24N2O3S/c1-14-5-4-6-17-18(14)13-19(22-11-2-3-12-22)20(17)25-15-7-9-16(10-8-15)26(21,23)24/h4-10,19-20H,2-3,11-13H2,1H3,(H2,21,23,24)/t19-,20-/m0/s1. The van der Waals surface area contributed by atoms with Gasteiger partial charge in [-0.1, -0.05) is 18.2 Å². The van der Waals surface area contributed by atoms with Gasteiger partial charge in [-0.2, -0.15) is 0 Å². The summed E-state index contributed by atoms with van der Waals surface area (Å²) in [4.78, 5) is 2.63. The fraction of sp³-hybridized carbons (Fsp3) is 0.400. The molecule has 138 valence electrons. The van der Waals surface area contributed by atoms with Crippen LogP contribution in [0.5, 0.6) is 5.75 Å². The molecule has 1 aliphatic heterocycles. The van der Waals surface area contributed by atoms with E-state index in [4.69, 9.17) is 9.88 Å². The maximum Gasteiger partial charge on any atom is 0.238 e. The van der Waals surface area contributed by atoms with Crippen LogP contribution in [0.1, 0.15) is 35.6 Å². The number of aryl methyl sites for hydroxylation is 1. The number of rotatable bonds is 4. The van der Waals surface area contributed by atoms with Crippen molar-refractivity contribution in [1.82, 2.24) is 4.90 Å². The first-order valence-corrected chi connectivity index (χ1v) is 10.6. The Morgan fingerprint density at radius 2 is 1.77 bits per heavy atom. The average Bonchev–Trinajstić information content (AvgIpc) is 3.24. The van der Waals surface area contributed by atoms with Gasteiger partial charge in [-0.05, 0) is 80.2 Å². The summed E-state index contributed by atoms with van der Waals surface area (Å²) < 4.78 is 29.3. The second kappa shape index (κ2) is 6.68. The van der Waals surface area contributed by atoms with Gasteiger partial charge >= 0.3 is 0 Å². The molecule has 0 bridgehead atoms. The molecule has 2 atom stereocenters. The molecule has 26 heavy (non-hydrogen) atoms. The van der Waals surface area contributed by atoms with E-state index < -0.39 is 10.0 Å². The smallest absolute Gasteiger partial charge is 0.238 e. The van der Waals surface area contributed by atoms with Crippen LogP contribution in [0, 0.1) is 6.92 Å². The molecule has 4 rings (SSSR count). The van der Waals surface area contributed by atoms with Crippen LogP contribution in [-0.2, 0) is 16.4 Å². The Bertz CT molecular complexity index is 903. The van der Waals surface area contributed by atoms with Crippen LogP contribution in [-0.4, -0.2) is 32.4 Å². The maximum atomic E-state index is 11.4. The lowest BCUT2D eigenvalue weighted by molar-refractivity contribution is 0.0940. The van der Waals surface area contributed by atoms with E-state index in [1.807, 2.05) is 0 Å². The van der Waals surface area contributed by atoms with Crippen LogP contribution in [0.25, 0.3) is 0 Å². The SMILES string of the molecule is Cc1cccc2c1C[C@H](N1CCCC1)[C@H]2Oc1ccc(S(N)(=O)=O)cc1. The van der Waals surface area contributed by atoms with Crippen molar-refractivity contribution in [3.63, 3.8) is 0 Å². The summed E-state index contributed by atoms with van der Waals surface area (Å²) in [7, 11) is -3.69. The number of nitrogens with zero attached hydrogens (tertiary/aromatic N) is 1. The van der Waals surface area contributed by atoms with Gasteiger partial charge in [0.15, 0.2) is 0 Å². The normalized spacial score (nSPS) is 23.2. The van der Waals surface area contributed by atoms with E-state index in [-0.39, 0.29) is 11.0 Å². The zero-order valence-corrected chi connectivity index (χ0v) is 15.7. The lowest BCUT2D eigenvalue weighted by atomic mass is 10.0. The van der Waals surface area contributed by atoms with Crippen LogP contribution in [0.4, 0.5) is 0 Å². The van der Waals surface area contributed by atoms with E-state index in [0.717, 1.165) is 19.5 Å². The third kappa shape index (κ3) is 3.24. The molecule has 5 nitrogen and oxygen atoms in total. The van der Waals surface area contributed by atoms with E-state index in [1.165, 1.54) is 41.7 Å². The molecule has 1 heterocycles. The van der Waals surface area contributed by atoms with Gasteiger partial charge in [-0.25, -0.2) is 13.6 Å². The molecule has 0 amide bonds. The summed E-state index contributed by atoms with van der Waals surface area (Å²) in [5.74, 6) is 0.668. The summed E-state index contributed by atoms with van der Waals surface area (Å²) in [5, 5.41) is 5.18. The predicted molar refractivity (Wildman–Crippen MR) is 101 cm³/mol. The highest BCUT2D eigenvalue weighted by Crippen LogP contribution is 2.40. The molecule has 2 aromatic rings. The van der Waals surface area contributed by atoms with Gasteiger partial charge in [0.05, 0.1) is 10.9 Å². The number of likely N-dealkylation sites (tertiary alicyclic amines) is 1. The van der Waals surface area contributed by atoms with E-state index in [0.29, 0.717) is 11.8 Å². The summed E-state index contributed by atoms with van der Waals surface area (Å²) in [6.07, 6.45) is 3.44. The molecule has 0 aromatic heterocycles. The largest absolute Gasteiger partial charge is 0.484 e. The number of primary sulfonamides is 1. The van der Waals surface area contributed by atoms with Gasteiger partial charge in [0.2, 0.25) is 10.0 Å². The fourth-order valence-electron chi connectivity index (χ4n) is 4.18. The second-order valence-electron chi connectivity index (χ2n) is 7.21. The van der Waals surface area contributed by atoms with Crippen molar-refractivity contribution < 1.29 is 13.2 Å². The molecular weight excluding hydrogens is 348 g/mol. The van der Waals surface area contributed by atoms with E-state index in [1.54, 1.807) is 12.1 Å². The Morgan fingerprint density at radius 1 is 1.08 bits per heavy atom. The number of ether oxygens (including phenoxy) is 1. The number of hydrogen-bond donors (Lipinski definition) is 1. The molecule has 0 radical (unpaired) electrons. The minimum Gasteiger partial charge on any atom is -0.484 e. The van der Waals surface area contributed by atoms with Gasteiger partial charge in [0.1, 0.15) is 11.9 Å². The zero-order chi connectivity index (χ0) is 18.3. The maximum absolute atomic E-state index is 11.4. The molecular formula is C20H24N2O3S. The highest BCUT2D eigenvalue weighted by molar-refractivity contribution is 7.89. The van der Waals surface area contributed by atoms with Crippen molar-refractivity contribution in [3.05, 3.63) is 59.2 Å². The Balaban J connectivity index is 1.64. The predicted octanol–water partition coefficient (Wildman–Crippen LogP) is 2.78. The van der Waals surface area contributed by atoms with Gasteiger partial charge in [-0.15, -0.1) is 0 Å². The lowest BCUT2D eigenvalue weighted by Gasteiger charge is -2.30. The summed E-state index contributed by atoms with van der Waals surface area (Å²) in [5.41, 5.74) is 3.94. The molecule has 2 aromatic carbocycles. The van der Waals surface area contributed by atoms with Gasteiger partial charge in [0, 0.05) is 0 Å². The third-order valence-electron chi connectivity index (χ3n) is 5.54. The molecule has 6 heteroatoms. The van der Waals surface area contributed by atoms with Gasteiger partial charge in [0.25, 0.3) is 0 Å². The molecule has 1 saturated heterocycles. The van der Waals surface area contributed by atoms with Crippen molar-refractivity contribution in [1.29, 1.82) is 0 Å². The van der Waals surface area contributed by atoms with E-state index >= 15 is 0 Å². The van der Waals surface area contributed by atoms with E-state index in [9.17, 15) is 8.42 Å². The highest BCUT2D eigenvalue weighted by Gasteiger charge is 2.39. The topological polar surface area (TPSA) is 72.6 Å². The summed E-state index contributed by atoms with van der Waals surface area (Å²) >= 11 is 0. The quantitative estimate of drug-likeness (QED) is 0.896. The van der Waals surface area contributed by atoms with Crippen molar-refractivity contribution in [2.45, 2.75) is 43.2 Å². The lowest BCUT2D eigenvalue weighted by Crippen LogP contribution is -2.38. The number of hydrogen-bond acceptors (Lipinski definition) is 4. The Labute approximate surface area is 154 Å². The molecule has 2 N–H and O–H groups in total. The Kier molecular flexibility index (Phi) is 4.50. The first-order chi connectivity index (χ1) is 12.4. The number of sulfonamides is 1. The fourth-order valence-corrected chi connectivity index (χ4v) is 4.70. The number of benzene rings is 2. The molecule has 1 aliphatic carbocycles. The van der Waals surface area contributed by atoms with Crippen LogP contribution in [0.3, 0.4) is 0 Å². The summed E-state index contributed by atoms with van der Waals surface area (Å²) in [6, 6.07) is 13.1. The second-order valence-corrected chi connectivity index (χ2v) is 8.77. The molecule has 0 spiro atoms.